The summed E-state index contributed by atoms with van der Waals surface area (Å²) in [4.78, 5) is 24.7. The molecule has 2 N–H and O–H groups in total. The molecule has 7 heteroatoms. The number of fused-ring (bicyclic) bond motifs is 2. The molecule has 1 atom stereocenters. The second-order valence-corrected chi connectivity index (χ2v) is 8.21. The minimum Gasteiger partial charge on any atom is -0.495 e. The van der Waals surface area contributed by atoms with Gasteiger partial charge in [-0.15, -0.1) is 0 Å². The van der Waals surface area contributed by atoms with Crippen molar-refractivity contribution in [2.45, 2.75) is 13.0 Å². The number of hydrogen-bond acceptors (Lipinski definition) is 5. The van der Waals surface area contributed by atoms with Gasteiger partial charge in [-0.2, -0.15) is 0 Å². The summed E-state index contributed by atoms with van der Waals surface area (Å²) in [7, 11) is 1.62. The molecule has 2 aromatic heterocycles. The second kappa shape index (κ2) is 8.16. The first-order valence-electron chi connectivity index (χ1n) is 10.8. The molecule has 0 aliphatic carbocycles. The summed E-state index contributed by atoms with van der Waals surface area (Å²) >= 11 is 0. The summed E-state index contributed by atoms with van der Waals surface area (Å²) in [5.41, 5.74) is 3.77. The maximum atomic E-state index is 12.3. The number of aryl methyl sites for hydroxylation is 1. The number of nitrogens with one attached hydrogen (secondary N) is 1. The number of anilines is 1. The molecule has 0 spiro atoms. The fourth-order valence-corrected chi connectivity index (χ4v) is 4.73. The Morgan fingerprint density at radius 1 is 1.09 bits per heavy atom. The number of methoxy groups -OCH3 is 1. The third kappa shape index (κ3) is 3.44. The van der Waals surface area contributed by atoms with Crippen molar-refractivity contribution in [2.75, 3.05) is 38.2 Å². The number of H-pyrrole nitrogens is 1. The molecule has 4 aromatic rings. The normalized spacial score (nSPS) is 15.9. The number of carbonyl (C=O) groups is 1. The van der Waals surface area contributed by atoms with Gasteiger partial charge in [0.15, 0.2) is 0 Å². The lowest BCUT2D eigenvalue weighted by molar-refractivity contribution is -0.143. The van der Waals surface area contributed by atoms with Crippen LogP contribution in [-0.4, -0.2) is 59.2 Å². The molecule has 2 aromatic carbocycles. The van der Waals surface area contributed by atoms with Crippen molar-refractivity contribution in [1.29, 1.82) is 0 Å². The minimum atomic E-state index is -0.846. The van der Waals surface area contributed by atoms with Gasteiger partial charge in [-0.25, -0.2) is 4.98 Å². The highest BCUT2D eigenvalue weighted by molar-refractivity contribution is 5.92. The fourth-order valence-electron chi connectivity index (χ4n) is 4.73. The molecule has 32 heavy (non-hydrogen) atoms. The number of ether oxygens (including phenoxy) is 1. The molecular formula is C25H26N4O3. The molecule has 5 rings (SSSR count). The molecule has 7 nitrogen and oxygen atoms in total. The second-order valence-electron chi connectivity index (χ2n) is 8.21. The van der Waals surface area contributed by atoms with E-state index in [1.54, 1.807) is 13.3 Å². The number of rotatable bonds is 5. The van der Waals surface area contributed by atoms with Crippen molar-refractivity contribution in [3.63, 3.8) is 0 Å². The zero-order valence-corrected chi connectivity index (χ0v) is 18.2. The standard InChI is InChI=1S/C25H26N4O3/c1-16-14-22(27-20-8-4-3-6-17(16)20)28-10-12-29(13-11-28)24(25(30)31)19-15-26-23-18(19)7-5-9-21(23)32-2/h3-9,14-15,24,26H,10-13H2,1-2H3,(H,30,31)/t24-/m1/s1. The molecule has 3 heterocycles. The number of carboxylic acids is 1. The Morgan fingerprint density at radius 3 is 2.59 bits per heavy atom. The molecule has 1 aliphatic rings. The lowest BCUT2D eigenvalue weighted by Gasteiger charge is -2.38. The summed E-state index contributed by atoms with van der Waals surface area (Å²) < 4.78 is 5.42. The molecule has 0 unspecified atom stereocenters. The van der Waals surface area contributed by atoms with E-state index in [2.05, 4.69) is 28.9 Å². The molecule has 0 saturated carbocycles. The van der Waals surface area contributed by atoms with E-state index in [9.17, 15) is 9.90 Å². The van der Waals surface area contributed by atoms with Crippen LogP contribution in [0.3, 0.4) is 0 Å². The van der Waals surface area contributed by atoms with Crippen molar-refractivity contribution in [2.24, 2.45) is 0 Å². The Bertz CT molecular complexity index is 1290. The summed E-state index contributed by atoms with van der Waals surface area (Å²) in [6, 6.07) is 15.3. The summed E-state index contributed by atoms with van der Waals surface area (Å²) in [6.07, 6.45) is 1.80. The van der Waals surface area contributed by atoms with Gasteiger partial charge in [-0.3, -0.25) is 9.69 Å². The average Bonchev–Trinajstić information content (AvgIpc) is 3.23. The van der Waals surface area contributed by atoms with Crippen molar-refractivity contribution in [3.05, 3.63) is 65.9 Å². The first-order valence-corrected chi connectivity index (χ1v) is 10.8. The predicted octanol–water partition coefficient (Wildman–Crippen LogP) is 3.98. The lowest BCUT2D eigenvalue weighted by atomic mass is 10.0. The topological polar surface area (TPSA) is 81.7 Å². The van der Waals surface area contributed by atoms with E-state index in [0.717, 1.165) is 46.3 Å². The van der Waals surface area contributed by atoms with Crippen molar-refractivity contribution >= 4 is 33.6 Å². The Balaban J connectivity index is 1.40. The highest BCUT2D eigenvalue weighted by Crippen LogP contribution is 2.34. The van der Waals surface area contributed by atoms with Gasteiger partial charge in [0.1, 0.15) is 17.6 Å². The Kier molecular flexibility index (Phi) is 5.19. The van der Waals surface area contributed by atoms with E-state index in [0.29, 0.717) is 18.8 Å². The zero-order chi connectivity index (χ0) is 22.2. The quantitative estimate of drug-likeness (QED) is 0.498. The number of para-hydroxylation sites is 2. The summed E-state index contributed by atoms with van der Waals surface area (Å²) in [5.74, 6) is 0.812. The maximum Gasteiger partial charge on any atom is 0.325 e. The fraction of sp³-hybridized carbons (Fsp3) is 0.280. The highest BCUT2D eigenvalue weighted by atomic mass is 16.5. The first kappa shape index (κ1) is 20.3. The van der Waals surface area contributed by atoms with Gasteiger partial charge in [0.2, 0.25) is 0 Å². The van der Waals surface area contributed by atoms with Crippen LogP contribution in [0.25, 0.3) is 21.8 Å². The predicted molar refractivity (Wildman–Crippen MR) is 125 cm³/mol. The van der Waals surface area contributed by atoms with Gasteiger partial charge in [-0.1, -0.05) is 30.3 Å². The Morgan fingerprint density at radius 2 is 1.84 bits per heavy atom. The maximum absolute atomic E-state index is 12.3. The van der Waals surface area contributed by atoms with Crippen molar-refractivity contribution in [1.82, 2.24) is 14.9 Å². The van der Waals surface area contributed by atoms with Crippen molar-refractivity contribution in [3.8, 4) is 5.75 Å². The van der Waals surface area contributed by atoms with Crippen LogP contribution in [-0.2, 0) is 4.79 Å². The van der Waals surface area contributed by atoms with Crippen LogP contribution in [0.4, 0.5) is 5.82 Å². The minimum absolute atomic E-state index is 0.640. The van der Waals surface area contributed by atoms with E-state index >= 15 is 0 Å². The highest BCUT2D eigenvalue weighted by Gasteiger charge is 2.32. The smallest absolute Gasteiger partial charge is 0.325 e. The van der Waals surface area contributed by atoms with E-state index in [1.807, 2.05) is 41.3 Å². The van der Waals surface area contributed by atoms with Gasteiger partial charge in [-0.05, 0) is 30.7 Å². The zero-order valence-electron chi connectivity index (χ0n) is 18.2. The van der Waals surface area contributed by atoms with Gasteiger partial charge < -0.3 is 19.7 Å². The van der Waals surface area contributed by atoms with Crippen LogP contribution in [0.5, 0.6) is 5.75 Å². The van der Waals surface area contributed by atoms with Gasteiger partial charge in [0, 0.05) is 48.7 Å². The van der Waals surface area contributed by atoms with Crippen LogP contribution in [0.15, 0.2) is 54.7 Å². The number of pyridine rings is 1. The molecule has 1 aliphatic heterocycles. The van der Waals surface area contributed by atoms with E-state index in [4.69, 9.17) is 9.72 Å². The third-order valence-corrected chi connectivity index (χ3v) is 6.37. The van der Waals surface area contributed by atoms with Crippen LogP contribution >= 0.6 is 0 Å². The number of aromatic amines is 1. The number of benzene rings is 2. The van der Waals surface area contributed by atoms with Crippen LogP contribution < -0.4 is 9.64 Å². The third-order valence-electron chi connectivity index (χ3n) is 6.37. The summed E-state index contributed by atoms with van der Waals surface area (Å²) in [5, 5.41) is 12.2. The van der Waals surface area contributed by atoms with E-state index in [-0.39, 0.29) is 0 Å². The lowest BCUT2D eigenvalue weighted by Crippen LogP contribution is -2.49. The van der Waals surface area contributed by atoms with Gasteiger partial charge in [0.05, 0.1) is 18.1 Å². The molecule has 164 valence electrons. The number of carboxylic acid groups (broad SMARTS) is 1. The number of piperazine rings is 1. The average molecular weight is 431 g/mol. The molecule has 0 amide bonds. The van der Waals surface area contributed by atoms with Gasteiger partial charge in [0.25, 0.3) is 0 Å². The van der Waals surface area contributed by atoms with Crippen LogP contribution in [0.1, 0.15) is 17.2 Å². The van der Waals surface area contributed by atoms with Crippen LogP contribution in [0.2, 0.25) is 0 Å². The van der Waals surface area contributed by atoms with Gasteiger partial charge >= 0.3 is 5.97 Å². The first-order chi connectivity index (χ1) is 15.6. The number of aromatic nitrogens is 2. The Labute approximate surface area is 186 Å². The SMILES string of the molecule is COc1cccc2c([C@H](C(=O)O)N3CCN(c4cc(C)c5ccccc5n4)CC3)c[nH]c12. The van der Waals surface area contributed by atoms with E-state index < -0.39 is 12.0 Å². The number of nitrogens with zero attached hydrogens (tertiary/aromatic N) is 3. The van der Waals surface area contributed by atoms with Crippen LogP contribution in [0, 0.1) is 6.92 Å². The molecule has 0 bridgehead atoms. The number of aliphatic carboxylic acids is 1. The number of hydrogen-bond donors (Lipinski definition) is 2. The van der Waals surface area contributed by atoms with Crippen molar-refractivity contribution < 1.29 is 14.6 Å². The summed E-state index contributed by atoms with van der Waals surface area (Å²) in [6.45, 7) is 4.83. The van der Waals surface area contributed by atoms with E-state index in [1.165, 1.54) is 5.56 Å². The molecular weight excluding hydrogens is 404 g/mol. The molecule has 0 radical (unpaired) electrons. The Hall–Kier alpha value is -3.58. The molecule has 1 fully saturated rings. The molecule has 1 saturated heterocycles. The monoisotopic (exact) mass is 430 g/mol. The largest absolute Gasteiger partial charge is 0.495 e.